The Kier molecular flexibility index (Phi) is 5.88. The summed E-state index contributed by atoms with van der Waals surface area (Å²) in [4.78, 5) is 2.30. The van der Waals surface area contributed by atoms with E-state index in [1.165, 1.54) is 0 Å². The minimum Gasteiger partial charge on any atom is -0.508 e. The monoisotopic (exact) mass is 292 g/mol. The summed E-state index contributed by atoms with van der Waals surface area (Å²) in [5.41, 5.74) is 2.05. The lowest BCUT2D eigenvalue weighted by atomic mass is 10.0. The average molecular weight is 292 g/mol. The molecule has 2 rings (SSSR count). The molecule has 2 unspecified atom stereocenters. The van der Waals surface area contributed by atoms with Crippen LogP contribution in [0.5, 0.6) is 5.75 Å². The van der Waals surface area contributed by atoms with Crippen molar-refractivity contribution in [1.82, 2.24) is 5.32 Å². The van der Waals surface area contributed by atoms with Gasteiger partial charge in [0.25, 0.3) is 0 Å². The number of benzene rings is 1. The number of nitrogens with zero attached hydrogens (tertiary/aromatic N) is 1. The number of piperidine rings is 1. The SMILES string of the molecule is CCCNC(C)c1ccc(N2CCCC(OC)C2)cc1O. The fraction of sp³-hybridized carbons (Fsp3) is 0.647. The molecule has 118 valence electrons. The van der Waals surface area contributed by atoms with Crippen LogP contribution in [0.4, 0.5) is 5.69 Å². The lowest BCUT2D eigenvalue weighted by molar-refractivity contribution is 0.0893. The summed E-state index contributed by atoms with van der Waals surface area (Å²) >= 11 is 0. The van der Waals surface area contributed by atoms with Gasteiger partial charge in [-0.1, -0.05) is 13.0 Å². The topological polar surface area (TPSA) is 44.7 Å². The number of phenols is 1. The van der Waals surface area contributed by atoms with E-state index >= 15 is 0 Å². The first-order valence-corrected chi connectivity index (χ1v) is 7.99. The standard InChI is InChI=1S/C17H28N2O2/c1-4-9-18-13(2)16-8-7-14(11-17(16)20)19-10-5-6-15(12-19)21-3/h7-8,11,13,15,18,20H,4-6,9-10,12H2,1-3H3. The molecule has 1 aromatic rings. The van der Waals surface area contributed by atoms with E-state index in [1.54, 1.807) is 7.11 Å². The molecule has 1 aromatic carbocycles. The van der Waals surface area contributed by atoms with Crippen LogP contribution >= 0.6 is 0 Å². The summed E-state index contributed by atoms with van der Waals surface area (Å²) in [5.74, 6) is 0.378. The number of hydrogen-bond donors (Lipinski definition) is 2. The van der Waals surface area contributed by atoms with Gasteiger partial charge in [-0.25, -0.2) is 0 Å². The van der Waals surface area contributed by atoms with Crippen molar-refractivity contribution < 1.29 is 9.84 Å². The Labute approximate surface area is 128 Å². The zero-order valence-electron chi connectivity index (χ0n) is 13.4. The maximum absolute atomic E-state index is 10.3. The molecule has 4 heteroatoms. The molecule has 0 aliphatic carbocycles. The Bertz CT molecular complexity index is 450. The fourth-order valence-corrected chi connectivity index (χ4v) is 2.93. The van der Waals surface area contributed by atoms with Gasteiger partial charge in [-0.2, -0.15) is 0 Å². The summed E-state index contributed by atoms with van der Waals surface area (Å²) in [6, 6.07) is 6.20. The third-order valence-electron chi connectivity index (χ3n) is 4.26. The van der Waals surface area contributed by atoms with E-state index in [0.717, 1.165) is 50.1 Å². The smallest absolute Gasteiger partial charge is 0.122 e. The van der Waals surface area contributed by atoms with E-state index in [2.05, 4.69) is 30.1 Å². The van der Waals surface area contributed by atoms with Gasteiger partial charge in [-0.15, -0.1) is 0 Å². The van der Waals surface area contributed by atoms with Gasteiger partial charge in [-0.05, 0) is 38.8 Å². The van der Waals surface area contributed by atoms with Crippen molar-refractivity contribution in [2.75, 3.05) is 31.6 Å². The predicted molar refractivity (Wildman–Crippen MR) is 87.1 cm³/mol. The highest BCUT2D eigenvalue weighted by atomic mass is 16.5. The molecule has 2 N–H and O–H groups in total. The molecule has 2 atom stereocenters. The van der Waals surface area contributed by atoms with Gasteiger partial charge >= 0.3 is 0 Å². The molecule has 1 heterocycles. The molecule has 0 radical (unpaired) electrons. The van der Waals surface area contributed by atoms with Crippen molar-refractivity contribution in [3.8, 4) is 5.75 Å². The minimum atomic E-state index is 0.173. The molecule has 1 aliphatic rings. The molecule has 4 nitrogen and oxygen atoms in total. The normalized spacial score (nSPS) is 20.5. The summed E-state index contributed by atoms with van der Waals surface area (Å²) < 4.78 is 5.47. The van der Waals surface area contributed by atoms with Crippen molar-refractivity contribution in [2.24, 2.45) is 0 Å². The van der Waals surface area contributed by atoms with Crippen LogP contribution in [0.25, 0.3) is 0 Å². The molecule has 21 heavy (non-hydrogen) atoms. The van der Waals surface area contributed by atoms with Crippen molar-refractivity contribution in [1.29, 1.82) is 0 Å². The lowest BCUT2D eigenvalue weighted by Crippen LogP contribution is -2.39. The van der Waals surface area contributed by atoms with Crippen molar-refractivity contribution in [3.63, 3.8) is 0 Å². The first-order valence-electron chi connectivity index (χ1n) is 7.99. The van der Waals surface area contributed by atoms with E-state index in [1.807, 2.05) is 12.1 Å². The maximum atomic E-state index is 10.3. The quantitative estimate of drug-likeness (QED) is 0.846. The fourth-order valence-electron chi connectivity index (χ4n) is 2.93. The van der Waals surface area contributed by atoms with E-state index in [9.17, 15) is 5.11 Å². The van der Waals surface area contributed by atoms with E-state index in [-0.39, 0.29) is 6.04 Å². The maximum Gasteiger partial charge on any atom is 0.122 e. The largest absolute Gasteiger partial charge is 0.508 e. The first kappa shape index (κ1) is 16.1. The Morgan fingerprint density at radius 3 is 2.95 bits per heavy atom. The minimum absolute atomic E-state index is 0.173. The number of phenolic OH excluding ortho intramolecular Hbond substituents is 1. The molecule has 0 aromatic heterocycles. The number of hydrogen-bond acceptors (Lipinski definition) is 4. The number of methoxy groups -OCH3 is 1. The van der Waals surface area contributed by atoms with Gasteiger partial charge in [0.1, 0.15) is 5.75 Å². The predicted octanol–water partition coefficient (Wildman–Crippen LogP) is 3.07. The van der Waals surface area contributed by atoms with Gasteiger partial charge in [0.2, 0.25) is 0 Å². The van der Waals surface area contributed by atoms with Gasteiger partial charge < -0.3 is 20.1 Å². The third-order valence-corrected chi connectivity index (χ3v) is 4.26. The highest BCUT2D eigenvalue weighted by Gasteiger charge is 2.20. The Balaban J connectivity index is 2.07. The summed E-state index contributed by atoms with van der Waals surface area (Å²) in [6.07, 6.45) is 3.64. The highest BCUT2D eigenvalue weighted by Crippen LogP contribution is 2.30. The van der Waals surface area contributed by atoms with Crippen LogP contribution in [0.15, 0.2) is 18.2 Å². The Morgan fingerprint density at radius 2 is 2.29 bits per heavy atom. The summed E-state index contributed by atoms with van der Waals surface area (Å²) in [7, 11) is 1.77. The molecule has 0 bridgehead atoms. The van der Waals surface area contributed by atoms with Crippen LogP contribution in [0.2, 0.25) is 0 Å². The number of rotatable bonds is 6. The Hall–Kier alpha value is -1.26. The van der Waals surface area contributed by atoms with Crippen LogP contribution in [0.3, 0.4) is 0 Å². The molecular formula is C17H28N2O2. The zero-order valence-corrected chi connectivity index (χ0v) is 13.4. The average Bonchev–Trinajstić information content (AvgIpc) is 2.52. The van der Waals surface area contributed by atoms with E-state index in [4.69, 9.17) is 4.74 Å². The van der Waals surface area contributed by atoms with Crippen LogP contribution in [0.1, 0.15) is 44.7 Å². The molecule has 1 aliphatic heterocycles. The highest BCUT2D eigenvalue weighted by molar-refractivity contribution is 5.54. The molecule has 1 saturated heterocycles. The molecule has 1 fully saturated rings. The van der Waals surface area contributed by atoms with Crippen molar-refractivity contribution >= 4 is 5.69 Å². The first-order chi connectivity index (χ1) is 10.2. The van der Waals surface area contributed by atoms with Crippen LogP contribution < -0.4 is 10.2 Å². The van der Waals surface area contributed by atoms with Gasteiger partial charge in [-0.3, -0.25) is 0 Å². The van der Waals surface area contributed by atoms with E-state index in [0.29, 0.717) is 11.9 Å². The zero-order chi connectivity index (χ0) is 15.2. The van der Waals surface area contributed by atoms with Gasteiger partial charge in [0.15, 0.2) is 0 Å². The van der Waals surface area contributed by atoms with E-state index < -0.39 is 0 Å². The molecular weight excluding hydrogens is 264 g/mol. The van der Waals surface area contributed by atoms with Crippen molar-refractivity contribution in [2.45, 2.75) is 45.3 Å². The lowest BCUT2D eigenvalue weighted by Gasteiger charge is -2.34. The number of anilines is 1. The van der Waals surface area contributed by atoms with Crippen molar-refractivity contribution in [3.05, 3.63) is 23.8 Å². The molecule has 0 amide bonds. The molecule has 0 saturated carbocycles. The second kappa shape index (κ2) is 7.66. The van der Waals surface area contributed by atoms with Gasteiger partial charge in [0.05, 0.1) is 6.10 Å². The van der Waals surface area contributed by atoms with Crippen LogP contribution in [-0.4, -0.2) is 38.0 Å². The van der Waals surface area contributed by atoms with Crippen LogP contribution in [0, 0.1) is 0 Å². The summed E-state index contributed by atoms with van der Waals surface area (Å²) in [6.45, 7) is 7.13. The number of nitrogens with one attached hydrogen (secondary N) is 1. The number of aromatic hydroxyl groups is 1. The van der Waals surface area contributed by atoms with Gasteiger partial charge in [0, 0.05) is 43.6 Å². The Morgan fingerprint density at radius 1 is 1.48 bits per heavy atom. The number of ether oxygens (including phenoxy) is 1. The second-order valence-corrected chi connectivity index (χ2v) is 5.86. The third kappa shape index (κ3) is 4.11. The van der Waals surface area contributed by atoms with Crippen LogP contribution in [-0.2, 0) is 4.74 Å². The summed E-state index contributed by atoms with van der Waals surface area (Å²) in [5, 5.41) is 13.7. The molecule has 0 spiro atoms. The second-order valence-electron chi connectivity index (χ2n) is 5.86.